The third kappa shape index (κ3) is 3.33. The van der Waals surface area contributed by atoms with Crippen molar-refractivity contribution in [1.29, 1.82) is 0 Å². The number of aromatic nitrogens is 3. The van der Waals surface area contributed by atoms with E-state index in [0.717, 1.165) is 16.6 Å². The van der Waals surface area contributed by atoms with E-state index in [1.807, 2.05) is 32.0 Å². The summed E-state index contributed by atoms with van der Waals surface area (Å²) in [4.78, 5) is 21.4. The van der Waals surface area contributed by atoms with Gasteiger partial charge in [-0.1, -0.05) is 0 Å². The molecule has 0 amide bonds. The molecular formula is C19H22N4O3. The summed E-state index contributed by atoms with van der Waals surface area (Å²) in [7, 11) is 3.21. The van der Waals surface area contributed by atoms with Crippen LogP contribution in [0, 0.1) is 0 Å². The Morgan fingerprint density at radius 2 is 2.00 bits per heavy atom. The van der Waals surface area contributed by atoms with E-state index in [1.165, 1.54) is 0 Å². The molecule has 26 heavy (non-hydrogen) atoms. The Morgan fingerprint density at radius 1 is 1.19 bits per heavy atom. The van der Waals surface area contributed by atoms with Crippen LogP contribution in [0.15, 0.2) is 41.5 Å². The van der Waals surface area contributed by atoms with E-state index in [0.29, 0.717) is 23.9 Å². The predicted molar refractivity (Wildman–Crippen MR) is 101 cm³/mol. The first-order chi connectivity index (χ1) is 12.5. The van der Waals surface area contributed by atoms with E-state index in [4.69, 9.17) is 9.47 Å². The van der Waals surface area contributed by atoms with Crippen molar-refractivity contribution in [2.45, 2.75) is 26.4 Å². The molecule has 0 fully saturated rings. The molecule has 0 bridgehead atoms. The zero-order chi connectivity index (χ0) is 18.7. The number of pyridine rings is 1. The third-order valence-electron chi connectivity index (χ3n) is 4.15. The molecule has 2 aromatic heterocycles. The number of hydrogen-bond acceptors (Lipinski definition) is 6. The van der Waals surface area contributed by atoms with Crippen molar-refractivity contribution in [3.8, 4) is 11.5 Å². The Morgan fingerprint density at radius 3 is 2.69 bits per heavy atom. The summed E-state index contributed by atoms with van der Waals surface area (Å²) in [6, 6.07) is 7.35. The highest BCUT2D eigenvalue weighted by Crippen LogP contribution is 2.25. The minimum absolute atomic E-state index is 0.00623. The average molecular weight is 354 g/mol. The summed E-state index contributed by atoms with van der Waals surface area (Å²) in [5.41, 5.74) is 2.17. The van der Waals surface area contributed by atoms with Gasteiger partial charge in [-0.25, -0.2) is 4.98 Å². The third-order valence-corrected chi connectivity index (χ3v) is 4.15. The fourth-order valence-electron chi connectivity index (χ4n) is 2.86. The van der Waals surface area contributed by atoms with Crippen LogP contribution < -0.4 is 20.3 Å². The molecule has 1 aromatic carbocycles. The quantitative estimate of drug-likeness (QED) is 0.733. The monoisotopic (exact) mass is 354 g/mol. The first kappa shape index (κ1) is 17.7. The molecule has 1 N–H and O–H groups in total. The van der Waals surface area contributed by atoms with Crippen LogP contribution in [-0.4, -0.2) is 28.8 Å². The van der Waals surface area contributed by atoms with E-state index >= 15 is 0 Å². The summed E-state index contributed by atoms with van der Waals surface area (Å²) in [5.74, 6) is 1.70. The van der Waals surface area contributed by atoms with Crippen molar-refractivity contribution >= 4 is 16.9 Å². The van der Waals surface area contributed by atoms with Crippen LogP contribution in [-0.2, 0) is 6.54 Å². The molecule has 0 unspecified atom stereocenters. The number of nitrogens with zero attached hydrogens (tertiary/aromatic N) is 3. The Balaban J connectivity index is 1.97. The molecule has 2 heterocycles. The molecule has 0 aliphatic heterocycles. The lowest BCUT2D eigenvalue weighted by atomic mass is 10.2. The van der Waals surface area contributed by atoms with Gasteiger partial charge in [-0.2, -0.15) is 0 Å². The summed E-state index contributed by atoms with van der Waals surface area (Å²) in [6.45, 7) is 4.33. The zero-order valence-electron chi connectivity index (χ0n) is 15.3. The highest BCUT2D eigenvalue weighted by molar-refractivity contribution is 5.75. The Labute approximate surface area is 151 Å². The smallest absolute Gasteiger partial charge is 0.294 e. The topological polar surface area (TPSA) is 78.3 Å². The van der Waals surface area contributed by atoms with Gasteiger partial charge in [-0.15, -0.1) is 0 Å². The van der Waals surface area contributed by atoms with Crippen molar-refractivity contribution in [2.24, 2.45) is 0 Å². The van der Waals surface area contributed by atoms with Crippen LogP contribution in [0.1, 0.15) is 25.5 Å². The number of nitrogens with one attached hydrogen (secondary N) is 1. The largest absolute Gasteiger partial charge is 0.497 e. The van der Waals surface area contributed by atoms with Crippen LogP contribution >= 0.6 is 0 Å². The first-order valence-electron chi connectivity index (χ1n) is 8.36. The van der Waals surface area contributed by atoms with Crippen molar-refractivity contribution in [3.63, 3.8) is 0 Å². The molecule has 3 aromatic rings. The maximum Gasteiger partial charge on any atom is 0.294 e. The molecule has 136 valence electrons. The second-order valence-electron chi connectivity index (χ2n) is 6.13. The number of rotatable bonds is 6. The maximum atomic E-state index is 12.9. The standard InChI is InChI=1S/C19H22N4O3/c1-12(2)23-16-11-20-8-7-15(16)22-18(19(23)24)21-10-13-5-6-14(25-3)9-17(13)26-4/h5-9,11-12H,10H2,1-4H3,(H,21,22). The van der Waals surface area contributed by atoms with Crippen LogP contribution in [0.25, 0.3) is 11.0 Å². The molecule has 7 nitrogen and oxygen atoms in total. The second-order valence-corrected chi connectivity index (χ2v) is 6.13. The van der Waals surface area contributed by atoms with Crippen LogP contribution in [0.3, 0.4) is 0 Å². The minimum Gasteiger partial charge on any atom is -0.497 e. The lowest BCUT2D eigenvalue weighted by Crippen LogP contribution is -2.27. The van der Waals surface area contributed by atoms with Gasteiger partial charge in [0.05, 0.1) is 31.4 Å². The predicted octanol–water partition coefficient (Wildman–Crippen LogP) is 3.00. The molecule has 0 atom stereocenters. The summed E-state index contributed by atoms with van der Waals surface area (Å²) in [6.07, 6.45) is 3.33. The van der Waals surface area contributed by atoms with Crippen molar-refractivity contribution in [2.75, 3.05) is 19.5 Å². The number of hydrogen-bond donors (Lipinski definition) is 1. The Hall–Kier alpha value is -3.09. The van der Waals surface area contributed by atoms with Gasteiger partial charge in [0, 0.05) is 30.4 Å². The number of methoxy groups -OCH3 is 2. The van der Waals surface area contributed by atoms with Crippen molar-refractivity contribution in [1.82, 2.24) is 14.5 Å². The van der Waals surface area contributed by atoms with E-state index in [1.54, 1.807) is 37.2 Å². The van der Waals surface area contributed by atoms with Gasteiger partial charge in [-0.05, 0) is 32.0 Å². The van der Waals surface area contributed by atoms with Crippen LogP contribution in [0.5, 0.6) is 11.5 Å². The molecular weight excluding hydrogens is 332 g/mol. The lowest BCUT2D eigenvalue weighted by molar-refractivity contribution is 0.391. The van der Waals surface area contributed by atoms with E-state index < -0.39 is 0 Å². The summed E-state index contributed by atoms with van der Waals surface area (Å²) >= 11 is 0. The zero-order valence-corrected chi connectivity index (χ0v) is 15.3. The second kappa shape index (κ2) is 7.43. The highest BCUT2D eigenvalue weighted by atomic mass is 16.5. The Bertz CT molecular complexity index is 982. The normalized spacial score (nSPS) is 11.0. The molecule has 0 spiro atoms. The number of anilines is 1. The molecule has 0 saturated carbocycles. The molecule has 0 aliphatic rings. The molecule has 3 rings (SSSR count). The molecule has 0 aliphatic carbocycles. The van der Waals surface area contributed by atoms with Gasteiger partial charge in [0.1, 0.15) is 11.5 Å². The van der Waals surface area contributed by atoms with Crippen molar-refractivity contribution in [3.05, 3.63) is 52.6 Å². The first-order valence-corrected chi connectivity index (χ1v) is 8.36. The SMILES string of the molecule is COc1ccc(CNc2nc3ccncc3n(C(C)C)c2=O)c(OC)c1. The highest BCUT2D eigenvalue weighted by Gasteiger charge is 2.14. The van der Waals surface area contributed by atoms with Gasteiger partial charge in [-0.3, -0.25) is 14.3 Å². The minimum atomic E-state index is -0.173. The lowest BCUT2D eigenvalue weighted by Gasteiger charge is -2.16. The molecule has 7 heteroatoms. The van der Waals surface area contributed by atoms with Gasteiger partial charge in [0.15, 0.2) is 5.82 Å². The summed E-state index contributed by atoms with van der Waals surface area (Å²) < 4.78 is 12.3. The van der Waals surface area contributed by atoms with Gasteiger partial charge in [0.2, 0.25) is 0 Å². The van der Waals surface area contributed by atoms with Crippen molar-refractivity contribution < 1.29 is 9.47 Å². The van der Waals surface area contributed by atoms with Gasteiger partial charge in [0.25, 0.3) is 5.56 Å². The fraction of sp³-hybridized carbons (Fsp3) is 0.316. The fourth-order valence-corrected chi connectivity index (χ4v) is 2.86. The molecule has 0 radical (unpaired) electrons. The summed E-state index contributed by atoms with van der Waals surface area (Å²) in [5, 5.41) is 3.14. The van der Waals surface area contributed by atoms with E-state index in [2.05, 4.69) is 15.3 Å². The van der Waals surface area contributed by atoms with E-state index in [-0.39, 0.29) is 11.6 Å². The van der Waals surface area contributed by atoms with Gasteiger partial charge < -0.3 is 14.8 Å². The average Bonchev–Trinajstić information content (AvgIpc) is 2.65. The molecule has 0 saturated heterocycles. The number of fused-ring (bicyclic) bond motifs is 1. The number of benzene rings is 1. The van der Waals surface area contributed by atoms with Crippen LogP contribution in [0.4, 0.5) is 5.82 Å². The van der Waals surface area contributed by atoms with Gasteiger partial charge >= 0.3 is 0 Å². The van der Waals surface area contributed by atoms with Crippen LogP contribution in [0.2, 0.25) is 0 Å². The maximum absolute atomic E-state index is 12.9. The Kier molecular flexibility index (Phi) is 5.06. The number of ether oxygens (including phenoxy) is 2. The van der Waals surface area contributed by atoms with E-state index in [9.17, 15) is 4.79 Å².